The highest BCUT2D eigenvalue weighted by atomic mass is 19.4. The molecule has 3 aromatic rings. The van der Waals surface area contributed by atoms with Crippen LogP contribution in [-0.2, 0) is 6.18 Å². The topological polar surface area (TPSA) is 91.9 Å². The number of benzene rings is 2. The van der Waals surface area contributed by atoms with Crippen LogP contribution in [0.1, 0.15) is 37.6 Å². The molecular formula is C21H15F3N2O4. The van der Waals surface area contributed by atoms with E-state index in [2.05, 4.69) is 10.5 Å². The van der Waals surface area contributed by atoms with Gasteiger partial charge in [0, 0.05) is 11.1 Å². The van der Waals surface area contributed by atoms with E-state index in [1.54, 1.807) is 31.2 Å². The van der Waals surface area contributed by atoms with E-state index in [1.807, 2.05) is 0 Å². The van der Waals surface area contributed by atoms with Gasteiger partial charge < -0.3 is 9.52 Å². The third kappa shape index (κ3) is 4.57. The zero-order valence-electron chi connectivity index (χ0n) is 15.5. The van der Waals surface area contributed by atoms with Gasteiger partial charge in [-0.1, -0.05) is 18.2 Å². The summed E-state index contributed by atoms with van der Waals surface area (Å²) in [5, 5.41) is 12.9. The summed E-state index contributed by atoms with van der Waals surface area (Å²) in [5.74, 6) is -1.20. The first kappa shape index (κ1) is 20.8. The minimum Gasteiger partial charge on any atom is -0.478 e. The maximum Gasteiger partial charge on any atom is 0.416 e. The lowest BCUT2D eigenvalue weighted by Gasteiger charge is -2.07. The highest BCUT2D eigenvalue weighted by molar-refractivity contribution is 5.95. The van der Waals surface area contributed by atoms with Crippen molar-refractivity contribution in [2.75, 3.05) is 0 Å². The van der Waals surface area contributed by atoms with E-state index >= 15 is 0 Å². The molecule has 2 aromatic carbocycles. The smallest absolute Gasteiger partial charge is 0.416 e. The van der Waals surface area contributed by atoms with Gasteiger partial charge in [-0.25, -0.2) is 10.2 Å². The summed E-state index contributed by atoms with van der Waals surface area (Å²) in [6.45, 7) is 1.66. The Balaban J connectivity index is 1.72. The van der Waals surface area contributed by atoms with Crippen molar-refractivity contribution in [3.05, 3.63) is 82.6 Å². The zero-order chi connectivity index (χ0) is 21.9. The predicted molar refractivity (Wildman–Crippen MR) is 102 cm³/mol. The molecule has 0 fully saturated rings. The van der Waals surface area contributed by atoms with Gasteiger partial charge in [-0.05, 0) is 48.9 Å². The Morgan fingerprint density at radius 2 is 1.83 bits per heavy atom. The van der Waals surface area contributed by atoms with Gasteiger partial charge in [0.15, 0.2) is 0 Å². The van der Waals surface area contributed by atoms with E-state index in [9.17, 15) is 27.9 Å². The molecule has 0 saturated heterocycles. The van der Waals surface area contributed by atoms with Gasteiger partial charge in [-0.3, -0.25) is 4.79 Å². The Bertz CT molecular complexity index is 1130. The Hall–Kier alpha value is -3.88. The van der Waals surface area contributed by atoms with Crippen molar-refractivity contribution < 1.29 is 32.3 Å². The molecule has 1 aromatic heterocycles. The lowest BCUT2D eigenvalue weighted by molar-refractivity contribution is -0.137. The molecule has 0 radical (unpaired) electrons. The number of carboxylic acid groups (broad SMARTS) is 1. The van der Waals surface area contributed by atoms with E-state index in [-0.39, 0.29) is 16.9 Å². The molecule has 2 N–H and O–H groups in total. The van der Waals surface area contributed by atoms with Crippen LogP contribution in [0.3, 0.4) is 0 Å². The Morgan fingerprint density at radius 3 is 2.53 bits per heavy atom. The fourth-order valence-electron chi connectivity index (χ4n) is 2.76. The summed E-state index contributed by atoms with van der Waals surface area (Å²) in [6, 6.07) is 11.9. The molecule has 0 aliphatic carbocycles. The number of carbonyl (C=O) groups excluding carboxylic acids is 1. The lowest BCUT2D eigenvalue weighted by atomic mass is 10.0. The van der Waals surface area contributed by atoms with Crippen molar-refractivity contribution in [2.45, 2.75) is 13.1 Å². The fourth-order valence-corrected chi connectivity index (χ4v) is 2.76. The molecule has 0 bridgehead atoms. The van der Waals surface area contributed by atoms with E-state index < -0.39 is 23.6 Å². The molecule has 0 atom stereocenters. The van der Waals surface area contributed by atoms with Crippen LogP contribution in [0.25, 0.3) is 11.3 Å². The molecule has 0 aliphatic heterocycles. The number of hydrogen-bond donors (Lipinski definition) is 2. The number of furan rings is 1. The molecule has 0 saturated carbocycles. The number of nitrogens with one attached hydrogen (secondary N) is 1. The third-order valence-corrected chi connectivity index (χ3v) is 4.27. The first-order valence-corrected chi connectivity index (χ1v) is 8.60. The van der Waals surface area contributed by atoms with Crippen molar-refractivity contribution in [3.63, 3.8) is 0 Å². The number of carboxylic acids is 1. The highest BCUT2D eigenvalue weighted by Crippen LogP contribution is 2.29. The lowest BCUT2D eigenvalue weighted by Crippen LogP contribution is -2.18. The number of rotatable bonds is 5. The molecule has 0 spiro atoms. The van der Waals surface area contributed by atoms with Gasteiger partial charge in [-0.15, -0.1) is 0 Å². The van der Waals surface area contributed by atoms with Crippen LogP contribution in [0.15, 0.2) is 64.1 Å². The number of alkyl halides is 3. The summed E-state index contributed by atoms with van der Waals surface area (Å²) in [4.78, 5) is 23.3. The Labute approximate surface area is 168 Å². The fraction of sp³-hybridized carbons (Fsp3) is 0.0952. The minimum atomic E-state index is -4.56. The molecule has 1 heterocycles. The second-order valence-corrected chi connectivity index (χ2v) is 6.26. The molecule has 0 unspecified atom stereocenters. The van der Waals surface area contributed by atoms with Crippen LogP contribution in [0, 0.1) is 6.92 Å². The van der Waals surface area contributed by atoms with E-state index in [1.165, 1.54) is 18.3 Å². The summed E-state index contributed by atoms with van der Waals surface area (Å²) >= 11 is 0. The molecule has 3 rings (SSSR count). The van der Waals surface area contributed by atoms with Gasteiger partial charge in [0.25, 0.3) is 5.91 Å². The predicted octanol–water partition coefficient (Wildman–Crippen LogP) is 4.74. The van der Waals surface area contributed by atoms with Crippen molar-refractivity contribution in [1.82, 2.24) is 5.43 Å². The number of halogens is 3. The van der Waals surface area contributed by atoms with Crippen LogP contribution in [0.4, 0.5) is 13.2 Å². The van der Waals surface area contributed by atoms with Crippen LogP contribution >= 0.6 is 0 Å². The summed E-state index contributed by atoms with van der Waals surface area (Å²) < 4.78 is 43.8. The summed E-state index contributed by atoms with van der Waals surface area (Å²) in [7, 11) is 0. The molecular weight excluding hydrogens is 401 g/mol. The van der Waals surface area contributed by atoms with Gasteiger partial charge in [-0.2, -0.15) is 18.3 Å². The first-order valence-electron chi connectivity index (χ1n) is 8.60. The quantitative estimate of drug-likeness (QED) is 0.464. The van der Waals surface area contributed by atoms with Gasteiger partial charge in [0.2, 0.25) is 0 Å². The molecule has 9 heteroatoms. The van der Waals surface area contributed by atoms with Gasteiger partial charge in [0.05, 0.1) is 17.3 Å². The van der Waals surface area contributed by atoms with Crippen molar-refractivity contribution >= 4 is 18.1 Å². The molecule has 0 aliphatic rings. The summed E-state index contributed by atoms with van der Waals surface area (Å²) in [6.07, 6.45) is -3.37. The Morgan fingerprint density at radius 1 is 1.10 bits per heavy atom. The Kier molecular flexibility index (Phi) is 5.72. The number of aromatic carboxylic acids is 1. The number of amides is 1. The first-order chi connectivity index (χ1) is 14.2. The maximum absolute atomic E-state index is 12.7. The molecule has 154 valence electrons. The molecule has 30 heavy (non-hydrogen) atoms. The standard InChI is InChI=1S/C21H15F3N2O4/c1-12-16(6-3-7-17(12)20(28)29)18-9-8-15(30-18)11-25-26-19(27)13-4-2-5-14(10-13)21(22,23)24/h2-11H,1H3,(H,26,27)(H,28,29)/b25-11-. The van der Waals surface area contributed by atoms with Crippen LogP contribution in [-0.4, -0.2) is 23.2 Å². The third-order valence-electron chi connectivity index (χ3n) is 4.27. The van der Waals surface area contributed by atoms with Crippen LogP contribution in [0.2, 0.25) is 0 Å². The highest BCUT2D eigenvalue weighted by Gasteiger charge is 2.30. The van der Waals surface area contributed by atoms with E-state index in [0.29, 0.717) is 16.9 Å². The zero-order valence-corrected chi connectivity index (χ0v) is 15.5. The number of hydrogen-bond acceptors (Lipinski definition) is 4. The van der Waals surface area contributed by atoms with Gasteiger partial charge >= 0.3 is 12.1 Å². The SMILES string of the molecule is Cc1c(C(=O)O)cccc1-c1ccc(/C=N\NC(=O)c2cccc(C(F)(F)F)c2)o1. The van der Waals surface area contributed by atoms with E-state index in [0.717, 1.165) is 18.2 Å². The van der Waals surface area contributed by atoms with Crippen molar-refractivity contribution in [2.24, 2.45) is 5.10 Å². The van der Waals surface area contributed by atoms with Crippen LogP contribution in [0.5, 0.6) is 0 Å². The van der Waals surface area contributed by atoms with Crippen molar-refractivity contribution in [1.29, 1.82) is 0 Å². The largest absolute Gasteiger partial charge is 0.478 e. The normalized spacial score (nSPS) is 11.6. The minimum absolute atomic E-state index is 0.146. The summed E-state index contributed by atoms with van der Waals surface area (Å²) in [5.41, 5.74) is 2.27. The maximum atomic E-state index is 12.7. The number of hydrazone groups is 1. The number of carbonyl (C=O) groups is 2. The molecule has 6 nitrogen and oxygen atoms in total. The average molecular weight is 416 g/mol. The second kappa shape index (κ2) is 8.24. The van der Waals surface area contributed by atoms with Crippen LogP contribution < -0.4 is 5.43 Å². The number of nitrogens with zero attached hydrogens (tertiary/aromatic N) is 1. The van der Waals surface area contributed by atoms with Gasteiger partial charge in [0.1, 0.15) is 11.5 Å². The monoisotopic (exact) mass is 416 g/mol. The van der Waals surface area contributed by atoms with Crippen molar-refractivity contribution in [3.8, 4) is 11.3 Å². The second-order valence-electron chi connectivity index (χ2n) is 6.26. The average Bonchev–Trinajstić information content (AvgIpc) is 3.16. The molecule has 1 amide bonds. The van der Waals surface area contributed by atoms with E-state index in [4.69, 9.17) is 4.42 Å².